The summed E-state index contributed by atoms with van der Waals surface area (Å²) in [5.74, 6) is 0.297. The fourth-order valence-electron chi connectivity index (χ4n) is 4.10. The highest BCUT2D eigenvalue weighted by Crippen LogP contribution is 2.30. The highest BCUT2D eigenvalue weighted by Gasteiger charge is 2.27. The van der Waals surface area contributed by atoms with Gasteiger partial charge in [0.05, 0.1) is 36.7 Å². The zero-order valence-corrected chi connectivity index (χ0v) is 21.1. The lowest BCUT2D eigenvalue weighted by Gasteiger charge is -2.19. The summed E-state index contributed by atoms with van der Waals surface area (Å²) in [6.07, 6.45) is 2.82. The number of pyridine rings is 2. The number of hydrogen-bond acceptors (Lipinski definition) is 7. The Kier molecular flexibility index (Phi) is 6.66. The fourth-order valence-corrected chi connectivity index (χ4v) is 4.99. The molecule has 0 saturated heterocycles. The van der Waals surface area contributed by atoms with Crippen molar-refractivity contribution in [2.24, 2.45) is 0 Å². The first-order valence-electron chi connectivity index (χ1n) is 11.1. The number of rotatable bonds is 8. The minimum Gasteiger partial charge on any atom is -0.491 e. The molecule has 0 aliphatic rings. The number of aryl methyl sites for hydroxylation is 2. The van der Waals surface area contributed by atoms with E-state index in [1.807, 2.05) is 39.0 Å². The molecule has 1 unspecified atom stereocenters. The smallest absolute Gasteiger partial charge is 0.328 e. The summed E-state index contributed by atoms with van der Waals surface area (Å²) in [5, 5.41) is 0. The molecule has 0 amide bonds. The highest BCUT2D eigenvalue weighted by molar-refractivity contribution is 7.90. The van der Waals surface area contributed by atoms with Gasteiger partial charge in [0.2, 0.25) is 0 Å². The highest BCUT2D eigenvalue weighted by atomic mass is 32.2. The van der Waals surface area contributed by atoms with Crippen LogP contribution in [0.25, 0.3) is 22.3 Å². The molecule has 3 heterocycles. The number of methoxy groups -OCH3 is 1. The van der Waals surface area contributed by atoms with Gasteiger partial charge in [0.25, 0.3) is 5.88 Å². The SMILES string of the molecule is CCOc1nc(C(CS(C)(=O)=O)n2c(=O)[nH]c3cc(-c4cc(C)ccc4C)cnc32)ccc1OC. The Balaban J connectivity index is 1.89. The number of ether oxygens (including phenoxy) is 2. The van der Waals surface area contributed by atoms with Crippen LogP contribution in [0.3, 0.4) is 0 Å². The van der Waals surface area contributed by atoms with E-state index in [2.05, 4.69) is 21.0 Å². The van der Waals surface area contributed by atoms with Crippen molar-refractivity contribution in [1.82, 2.24) is 19.5 Å². The van der Waals surface area contributed by atoms with Gasteiger partial charge in [-0.2, -0.15) is 0 Å². The van der Waals surface area contributed by atoms with Gasteiger partial charge in [-0.15, -0.1) is 0 Å². The third-order valence-corrected chi connectivity index (χ3v) is 6.64. The van der Waals surface area contributed by atoms with E-state index in [0.717, 1.165) is 28.5 Å². The molecular formula is C25H28N4O5S. The van der Waals surface area contributed by atoms with Crippen LogP contribution in [0.1, 0.15) is 29.8 Å². The lowest BCUT2D eigenvalue weighted by Crippen LogP contribution is -2.29. The molecule has 10 heteroatoms. The van der Waals surface area contributed by atoms with Crippen LogP contribution < -0.4 is 15.2 Å². The topological polar surface area (TPSA) is 116 Å². The van der Waals surface area contributed by atoms with Crippen molar-refractivity contribution < 1.29 is 17.9 Å². The average Bonchev–Trinajstić information content (AvgIpc) is 3.13. The minimum atomic E-state index is -3.50. The molecule has 1 N–H and O–H groups in total. The lowest BCUT2D eigenvalue weighted by atomic mass is 10.00. The van der Waals surface area contributed by atoms with E-state index in [0.29, 0.717) is 29.2 Å². The van der Waals surface area contributed by atoms with E-state index in [1.54, 1.807) is 18.3 Å². The molecule has 0 radical (unpaired) electrons. The summed E-state index contributed by atoms with van der Waals surface area (Å²) < 4.78 is 37.0. The Hall–Kier alpha value is -3.66. The maximum Gasteiger partial charge on any atom is 0.328 e. The van der Waals surface area contributed by atoms with Crippen LogP contribution in [-0.2, 0) is 9.84 Å². The van der Waals surface area contributed by atoms with Crippen LogP contribution in [0.15, 0.2) is 47.4 Å². The summed E-state index contributed by atoms with van der Waals surface area (Å²) in [4.78, 5) is 25.0. The molecule has 35 heavy (non-hydrogen) atoms. The predicted molar refractivity (Wildman–Crippen MR) is 135 cm³/mol. The maximum absolute atomic E-state index is 13.1. The Morgan fingerprint density at radius 1 is 1.14 bits per heavy atom. The number of nitrogens with one attached hydrogen (secondary N) is 1. The molecule has 1 atom stereocenters. The average molecular weight is 497 g/mol. The summed E-state index contributed by atoms with van der Waals surface area (Å²) >= 11 is 0. The zero-order chi connectivity index (χ0) is 25.3. The van der Waals surface area contributed by atoms with E-state index >= 15 is 0 Å². The number of fused-ring (bicyclic) bond motifs is 1. The van der Waals surface area contributed by atoms with Crippen LogP contribution in [0.2, 0.25) is 0 Å². The molecular weight excluding hydrogens is 468 g/mol. The molecule has 1 aromatic carbocycles. The molecule has 4 rings (SSSR count). The molecule has 0 fully saturated rings. The van der Waals surface area contributed by atoms with Gasteiger partial charge < -0.3 is 14.5 Å². The van der Waals surface area contributed by atoms with Gasteiger partial charge in [0.15, 0.2) is 11.4 Å². The van der Waals surface area contributed by atoms with Gasteiger partial charge >= 0.3 is 5.69 Å². The number of benzene rings is 1. The van der Waals surface area contributed by atoms with Crippen molar-refractivity contribution in [3.63, 3.8) is 0 Å². The third-order valence-electron chi connectivity index (χ3n) is 5.72. The zero-order valence-electron chi connectivity index (χ0n) is 20.3. The number of imidazole rings is 1. The number of aromatic amines is 1. The Labute approximate surface area is 203 Å². The van der Waals surface area contributed by atoms with Crippen LogP contribution in [-0.4, -0.2) is 53.7 Å². The Morgan fingerprint density at radius 3 is 2.60 bits per heavy atom. The van der Waals surface area contributed by atoms with Gasteiger partial charge in [0.1, 0.15) is 9.84 Å². The second-order valence-electron chi connectivity index (χ2n) is 8.50. The molecule has 0 spiro atoms. The summed E-state index contributed by atoms with van der Waals surface area (Å²) in [7, 11) is -2.00. The van der Waals surface area contributed by atoms with Crippen molar-refractivity contribution in [3.8, 4) is 22.8 Å². The molecule has 0 aliphatic heterocycles. The van der Waals surface area contributed by atoms with Crippen molar-refractivity contribution in [2.45, 2.75) is 26.8 Å². The van der Waals surface area contributed by atoms with Crippen LogP contribution in [0, 0.1) is 13.8 Å². The van der Waals surface area contributed by atoms with Gasteiger partial charge in [-0.25, -0.2) is 23.2 Å². The number of nitrogens with zero attached hydrogens (tertiary/aromatic N) is 3. The van der Waals surface area contributed by atoms with Gasteiger partial charge in [-0.05, 0) is 50.1 Å². The van der Waals surface area contributed by atoms with E-state index in [1.165, 1.54) is 11.7 Å². The van der Waals surface area contributed by atoms with E-state index < -0.39 is 21.6 Å². The normalized spacial score (nSPS) is 12.6. The van der Waals surface area contributed by atoms with Crippen molar-refractivity contribution in [1.29, 1.82) is 0 Å². The Bertz CT molecular complexity index is 1560. The Morgan fingerprint density at radius 2 is 1.91 bits per heavy atom. The van der Waals surface area contributed by atoms with Crippen molar-refractivity contribution >= 4 is 21.0 Å². The standard InChI is InChI=1S/C25H28N4O5S/c1-6-34-24-22(33-4)10-9-19(27-24)21(14-35(5,31)32)29-23-20(28-25(29)30)12-17(13-26-23)18-11-15(2)7-8-16(18)3/h7-13,21H,6,14H2,1-5H3,(H,28,30). The van der Waals surface area contributed by atoms with Gasteiger partial charge in [-0.3, -0.25) is 4.57 Å². The summed E-state index contributed by atoms with van der Waals surface area (Å²) in [6, 6.07) is 10.4. The first-order chi connectivity index (χ1) is 16.6. The lowest BCUT2D eigenvalue weighted by molar-refractivity contribution is 0.296. The monoisotopic (exact) mass is 496 g/mol. The van der Waals surface area contributed by atoms with Gasteiger partial charge in [-0.1, -0.05) is 23.8 Å². The number of sulfone groups is 1. The second-order valence-corrected chi connectivity index (χ2v) is 10.7. The quantitative estimate of drug-likeness (QED) is 0.397. The van der Waals surface area contributed by atoms with E-state index in [4.69, 9.17) is 9.47 Å². The second kappa shape index (κ2) is 9.53. The summed E-state index contributed by atoms with van der Waals surface area (Å²) in [5.41, 5.74) is 4.78. The minimum absolute atomic E-state index is 0.226. The molecule has 184 valence electrons. The van der Waals surface area contributed by atoms with E-state index in [-0.39, 0.29) is 11.6 Å². The van der Waals surface area contributed by atoms with Crippen LogP contribution in [0.5, 0.6) is 11.6 Å². The number of aromatic nitrogens is 4. The third kappa shape index (κ3) is 5.07. The molecule has 0 aliphatic carbocycles. The first-order valence-corrected chi connectivity index (χ1v) is 13.2. The maximum atomic E-state index is 13.1. The largest absolute Gasteiger partial charge is 0.491 e. The van der Waals surface area contributed by atoms with Gasteiger partial charge in [0, 0.05) is 18.0 Å². The molecule has 9 nitrogen and oxygen atoms in total. The summed E-state index contributed by atoms with van der Waals surface area (Å²) in [6.45, 7) is 6.18. The van der Waals surface area contributed by atoms with Crippen molar-refractivity contribution in [2.75, 3.05) is 25.7 Å². The predicted octanol–water partition coefficient (Wildman–Crippen LogP) is 3.44. The van der Waals surface area contributed by atoms with Crippen LogP contribution in [0.4, 0.5) is 0 Å². The number of hydrogen-bond donors (Lipinski definition) is 1. The van der Waals surface area contributed by atoms with E-state index in [9.17, 15) is 13.2 Å². The fraction of sp³-hybridized carbons (Fsp3) is 0.320. The van der Waals surface area contributed by atoms with Crippen LogP contribution >= 0.6 is 0 Å². The molecule has 0 bridgehead atoms. The molecule has 4 aromatic rings. The first kappa shape index (κ1) is 24.5. The molecule has 0 saturated carbocycles. The van der Waals surface area contributed by atoms with Crippen molar-refractivity contribution in [3.05, 3.63) is 69.9 Å². The molecule has 3 aromatic heterocycles. The number of H-pyrrole nitrogens is 1.